The molecule has 1 aromatic carbocycles. The van der Waals surface area contributed by atoms with E-state index in [1.807, 2.05) is 39.0 Å². The number of hydrogen-bond donors (Lipinski definition) is 1. The average molecular weight is 299 g/mol. The number of carboxylic acids is 1. The Bertz CT molecular complexity index is 869. The molecule has 1 N–H and O–H groups in total. The van der Waals surface area contributed by atoms with Crippen molar-refractivity contribution in [1.29, 1.82) is 0 Å². The molecule has 0 spiro atoms. The molecule has 2 heterocycles. The van der Waals surface area contributed by atoms with Gasteiger partial charge in [0.2, 0.25) is 5.89 Å². The highest BCUT2D eigenvalue weighted by atomic mass is 16.4. The van der Waals surface area contributed by atoms with E-state index in [9.17, 15) is 4.79 Å². The summed E-state index contributed by atoms with van der Waals surface area (Å²) >= 11 is 0. The number of aromatic carboxylic acids is 1. The van der Waals surface area contributed by atoms with Crippen molar-refractivity contribution in [3.63, 3.8) is 0 Å². The van der Waals surface area contributed by atoms with Crippen molar-refractivity contribution in [2.75, 3.05) is 0 Å². The number of fused-ring (bicyclic) bond motifs is 1. The average Bonchev–Trinajstić information content (AvgIpc) is 3.00. The summed E-state index contributed by atoms with van der Waals surface area (Å²) in [7, 11) is 1.72. The maximum Gasteiger partial charge on any atom is 0.356 e. The van der Waals surface area contributed by atoms with Crippen molar-refractivity contribution in [1.82, 2.24) is 14.8 Å². The van der Waals surface area contributed by atoms with Gasteiger partial charge in [-0.2, -0.15) is 5.10 Å². The van der Waals surface area contributed by atoms with E-state index in [-0.39, 0.29) is 11.1 Å². The zero-order chi connectivity index (χ0) is 16.1. The number of aromatic nitrogens is 3. The van der Waals surface area contributed by atoms with Crippen molar-refractivity contribution in [2.24, 2.45) is 7.05 Å². The molecule has 0 aliphatic heterocycles. The summed E-state index contributed by atoms with van der Waals surface area (Å²) < 4.78 is 7.32. The summed E-state index contributed by atoms with van der Waals surface area (Å²) in [5, 5.41) is 13.0. The summed E-state index contributed by atoms with van der Waals surface area (Å²) in [5.41, 5.74) is 2.90. The van der Waals surface area contributed by atoms with Crippen LogP contribution in [-0.2, 0) is 12.5 Å². The lowest BCUT2D eigenvalue weighted by molar-refractivity contribution is 0.0689. The topological polar surface area (TPSA) is 81.2 Å². The van der Waals surface area contributed by atoms with E-state index in [0.717, 1.165) is 16.8 Å². The van der Waals surface area contributed by atoms with Crippen molar-refractivity contribution in [2.45, 2.75) is 26.2 Å². The molecular weight excluding hydrogens is 282 g/mol. The SMILES string of the molecule is Cn1nc(C(=O)O)cc1-c1ccc2oc(C(C)(C)C)nc2c1. The van der Waals surface area contributed by atoms with Gasteiger partial charge in [0.25, 0.3) is 0 Å². The number of benzene rings is 1. The predicted molar refractivity (Wildman–Crippen MR) is 81.9 cm³/mol. The largest absolute Gasteiger partial charge is 0.476 e. The van der Waals surface area contributed by atoms with Crippen LogP contribution in [0.4, 0.5) is 0 Å². The van der Waals surface area contributed by atoms with Crippen LogP contribution in [0.15, 0.2) is 28.7 Å². The lowest BCUT2D eigenvalue weighted by Gasteiger charge is -2.11. The van der Waals surface area contributed by atoms with Crippen LogP contribution in [-0.4, -0.2) is 25.8 Å². The zero-order valence-corrected chi connectivity index (χ0v) is 12.9. The van der Waals surface area contributed by atoms with Gasteiger partial charge in [-0.25, -0.2) is 9.78 Å². The summed E-state index contributed by atoms with van der Waals surface area (Å²) in [4.78, 5) is 15.5. The highest BCUT2D eigenvalue weighted by Gasteiger charge is 2.21. The Kier molecular flexibility index (Phi) is 3.05. The molecule has 3 aromatic rings. The van der Waals surface area contributed by atoms with Crippen LogP contribution in [0.25, 0.3) is 22.4 Å². The predicted octanol–water partition coefficient (Wildman–Crippen LogP) is 3.22. The fraction of sp³-hybridized carbons (Fsp3) is 0.312. The molecule has 0 saturated carbocycles. The van der Waals surface area contributed by atoms with Gasteiger partial charge in [0.05, 0.1) is 5.69 Å². The molecule has 114 valence electrons. The number of carboxylic acid groups (broad SMARTS) is 1. The Labute approximate surface area is 127 Å². The molecule has 6 heteroatoms. The quantitative estimate of drug-likeness (QED) is 0.785. The normalized spacial score (nSPS) is 12.0. The van der Waals surface area contributed by atoms with E-state index in [1.54, 1.807) is 17.8 Å². The van der Waals surface area contributed by atoms with Gasteiger partial charge in [-0.1, -0.05) is 20.8 Å². The first-order valence-electron chi connectivity index (χ1n) is 6.94. The minimum absolute atomic E-state index is 0.0214. The molecule has 0 fully saturated rings. The Balaban J connectivity index is 2.10. The number of aryl methyl sites for hydroxylation is 1. The van der Waals surface area contributed by atoms with Gasteiger partial charge in [0.15, 0.2) is 11.3 Å². The van der Waals surface area contributed by atoms with Crippen LogP contribution in [0, 0.1) is 0 Å². The minimum atomic E-state index is -1.04. The maximum absolute atomic E-state index is 11.0. The van der Waals surface area contributed by atoms with E-state index in [1.165, 1.54) is 0 Å². The Morgan fingerprint density at radius 2 is 2.00 bits per heavy atom. The highest BCUT2D eigenvalue weighted by molar-refractivity contribution is 5.88. The van der Waals surface area contributed by atoms with Crippen LogP contribution in [0.1, 0.15) is 37.2 Å². The van der Waals surface area contributed by atoms with Crippen LogP contribution < -0.4 is 0 Å². The van der Waals surface area contributed by atoms with E-state index in [4.69, 9.17) is 9.52 Å². The lowest BCUT2D eigenvalue weighted by atomic mass is 9.97. The highest BCUT2D eigenvalue weighted by Crippen LogP contribution is 2.29. The monoisotopic (exact) mass is 299 g/mol. The fourth-order valence-corrected chi connectivity index (χ4v) is 2.25. The van der Waals surface area contributed by atoms with Gasteiger partial charge in [-0.15, -0.1) is 0 Å². The third-order valence-corrected chi connectivity index (χ3v) is 3.42. The van der Waals surface area contributed by atoms with E-state index in [2.05, 4.69) is 10.1 Å². The second kappa shape index (κ2) is 4.69. The van der Waals surface area contributed by atoms with Crippen LogP contribution in [0.3, 0.4) is 0 Å². The van der Waals surface area contributed by atoms with Crippen LogP contribution >= 0.6 is 0 Å². The van der Waals surface area contributed by atoms with Gasteiger partial charge in [0.1, 0.15) is 5.52 Å². The van der Waals surface area contributed by atoms with Crippen LogP contribution in [0.5, 0.6) is 0 Å². The number of rotatable bonds is 2. The van der Waals surface area contributed by atoms with E-state index >= 15 is 0 Å². The standard InChI is InChI=1S/C16H17N3O3/c1-16(2,3)15-17-10-7-9(5-6-13(10)22-15)12-8-11(14(20)21)18-19(12)4/h5-8H,1-4H3,(H,20,21). The fourth-order valence-electron chi connectivity index (χ4n) is 2.25. The molecule has 3 rings (SSSR count). The lowest BCUT2D eigenvalue weighted by Crippen LogP contribution is -2.10. The Hall–Kier alpha value is -2.63. The van der Waals surface area contributed by atoms with Crippen molar-refractivity contribution < 1.29 is 14.3 Å². The first-order chi connectivity index (χ1) is 10.3. The number of carbonyl (C=O) groups is 1. The third kappa shape index (κ3) is 2.36. The van der Waals surface area contributed by atoms with Crippen molar-refractivity contribution in [3.05, 3.63) is 35.9 Å². The summed E-state index contributed by atoms with van der Waals surface area (Å²) in [6.45, 7) is 6.12. The molecule has 0 radical (unpaired) electrons. The van der Waals surface area contributed by atoms with E-state index in [0.29, 0.717) is 11.5 Å². The summed E-state index contributed by atoms with van der Waals surface area (Å²) in [6, 6.07) is 7.16. The molecule has 0 amide bonds. The van der Waals surface area contributed by atoms with Crippen molar-refractivity contribution in [3.8, 4) is 11.3 Å². The number of oxazole rings is 1. The molecule has 0 aliphatic carbocycles. The first-order valence-corrected chi connectivity index (χ1v) is 6.94. The molecule has 0 atom stereocenters. The molecule has 22 heavy (non-hydrogen) atoms. The van der Waals surface area contributed by atoms with Gasteiger partial charge in [0, 0.05) is 18.0 Å². The Morgan fingerprint density at radius 1 is 1.27 bits per heavy atom. The second-order valence-electron chi connectivity index (χ2n) is 6.30. The van der Waals surface area contributed by atoms with Crippen LogP contribution in [0.2, 0.25) is 0 Å². The Morgan fingerprint density at radius 3 is 2.59 bits per heavy atom. The molecule has 6 nitrogen and oxygen atoms in total. The third-order valence-electron chi connectivity index (χ3n) is 3.42. The second-order valence-corrected chi connectivity index (χ2v) is 6.30. The summed E-state index contributed by atoms with van der Waals surface area (Å²) in [6.07, 6.45) is 0. The van der Waals surface area contributed by atoms with Gasteiger partial charge >= 0.3 is 5.97 Å². The molecule has 2 aromatic heterocycles. The molecule has 0 saturated heterocycles. The zero-order valence-electron chi connectivity index (χ0n) is 12.9. The van der Waals surface area contributed by atoms with Crippen molar-refractivity contribution >= 4 is 17.1 Å². The molecule has 0 bridgehead atoms. The van der Waals surface area contributed by atoms with Gasteiger partial charge in [-0.3, -0.25) is 4.68 Å². The van der Waals surface area contributed by atoms with E-state index < -0.39 is 5.97 Å². The van der Waals surface area contributed by atoms with Gasteiger partial charge in [-0.05, 0) is 24.3 Å². The summed E-state index contributed by atoms with van der Waals surface area (Å²) in [5.74, 6) is -0.365. The first kappa shape index (κ1) is 14.3. The molecular formula is C16H17N3O3. The number of hydrogen-bond acceptors (Lipinski definition) is 4. The maximum atomic E-state index is 11.0. The smallest absolute Gasteiger partial charge is 0.356 e. The number of nitrogens with zero attached hydrogens (tertiary/aromatic N) is 3. The minimum Gasteiger partial charge on any atom is -0.476 e. The molecule has 0 aliphatic rings. The molecule has 0 unspecified atom stereocenters. The van der Waals surface area contributed by atoms with Gasteiger partial charge < -0.3 is 9.52 Å².